The standard InChI is InChI=1S/C27H21FN2O4S/c1-14-11-15(2)22-20(12-14)35-27(29-22)30-23(18-9-4-5-10-19(18)28)21(25(32)26(30)33)24(31)16-7-6-8-17(13-16)34-3/h4-13,23,31H,1-3H3/t23-/m1/s1. The van der Waals surface area contributed by atoms with Gasteiger partial charge in [0.25, 0.3) is 5.78 Å². The number of methoxy groups -OCH3 is 1. The van der Waals surface area contributed by atoms with Crippen molar-refractivity contribution in [3.63, 3.8) is 0 Å². The Labute approximate surface area is 204 Å². The van der Waals surface area contributed by atoms with Gasteiger partial charge < -0.3 is 9.84 Å². The average molecular weight is 489 g/mol. The van der Waals surface area contributed by atoms with Crippen LogP contribution in [0.25, 0.3) is 16.0 Å². The molecule has 35 heavy (non-hydrogen) atoms. The van der Waals surface area contributed by atoms with Crippen LogP contribution in [-0.4, -0.2) is 28.9 Å². The van der Waals surface area contributed by atoms with Crippen LogP contribution in [0, 0.1) is 19.7 Å². The zero-order valence-electron chi connectivity index (χ0n) is 19.2. The molecule has 1 fully saturated rings. The van der Waals surface area contributed by atoms with E-state index in [1.807, 2.05) is 26.0 Å². The molecule has 1 aliphatic heterocycles. The second-order valence-corrected chi connectivity index (χ2v) is 9.36. The molecule has 0 radical (unpaired) electrons. The van der Waals surface area contributed by atoms with E-state index in [2.05, 4.69) is 4.98 Å². The number of rotatable bonds is 4. The molecule has 1 N–H and O–H groups in total. The smallest absolute Gasteiger partial charge is 0.301 e. The number of aliphatic hydroxyl groups excluding tert-OH is 1. The van der Waals surface area contributed by atoms with Crippen LogP contribution < -0.4 is 9.64 Å². The minimum absolute atomic E-state index is 0.0864. The van der Waals surface area contributed by atoms with E-state index in [4.69, 9.17) is 4.74 Å². The normalized spacial score (nSPS) is 17.4. The van der Waals surface area contributed by atoms with Gasteiger partial charge in [0, 0.05) is 11.1 Å². The highest BCUT2D eigenvalue weighted by Gasteiger charge is 2.49. The fourth-order valence-electron chi connectivity index (χ4n) is 4.41. The SMILES string of the molecule is COc1cccc(C(O)=C2C(=O)C(=O)N(c3nc4c(C)cc(C)cc4s3)[C@@H]2c2ccccc2F)c1. The first-order valence-electron chi connectivity index (χ1n) is 10.9. The summed E-state index contributed by atoms with van der Waals surface area (Å²) in [6, 6.07) is 15.1. The van der Waals surface area contributed by atoms with Crippen LogP contribution in [0.3, 0.4) is 0 Å². The molecule has 2 heterocycles. The fraction of sp³-hybridized carbons (Fsp3) is 0.148. The number of ketones is 1. The molecule has 1 aliphatic rings. The number of nitrogens with zero attached hydrogens (tertiary/aromatic N) is 2. The number of halogens is 1. The molecule has 0 bridgehead atoms. The number of aryl methyl sites for hydroxylation is 2. The largest absolute Gasteiger partial charge is 0.507 e. The van der Waals surface area contributed by atoms with Crippen LogP contribution in [0.4, 0.5) is 9.52 Å². The van der Waals surface area contributed by atoms with E-state index in [-0.39, 0.29) is 21.8 Å². The van der Waals surface area contributed by atoms with E-state index >= 15 is 4.39 Å². The third kappa shape index (κ3) is 3.76. The number of thiazole rings is 1. The Morgan fingerprint density at radius 2 is 1.86 bits per heavy atom. The average Bonchev–Trinajstić information content (AvgIpc) is 3.37. The lowest BCUT2D eigenvalue weighted by molar-refractivity contribution is -0.132. The number of fused-ring (bicyclic) bond motifs is 1. The maximum atomic E-state index is 15.1. The lowest BCUT2D eigenvalue weighted by Gasteiger charge is -2.23. The number of ether oxygens (including phenoxy) is 1. The Kier molecular flexibility index (Phi) is 5.61. The van der Waals surface area contributed by atoms with E-state index in [0.29, 0.717) is 11.3 Å². The Morgan fingerprint density at radius 1 is 1.09 bits per heavy atom. The molecule has 1 saturated heterocycles. The molecule has 1 amide bonds. The molecule has 6 nitrogen and oxygen atoms in total. The van der Waals surface area contributed by atoms with Crippen LogP contribution in [0.15, 0.2) is 66.2 Å². The molecule has 0 saturated carbocycles. The minimum Gasteiger partial charge on any atom is -0.507 e. The van der Waals surface area contributed by atoms with Gasteiger partial charge in [-0.1, -0.05) is 47.7 Å². The molecule has 8 heteroatoms. The Morgan fingerprint density at radius 3 is 2.60 bits per heavy atom. The van der Waals surface area contributed by atoms with Gasteiger partial charge >= 0.3 is 5.91 Å². The molecule has 0 aliphatic carbocycles. The highest BCUT2D eigenvalue weighted by atomic mass is 32.1. The number of aromatic nitrogens is 1. The van der Waals surface area contributed by atoms with Crippen LogP contribution in [0.1, 0.15) is 28.3 Å². The molecule has 1 aromatic heterocycles. The van der Waals surface area contributed by atoms with E-state index in [0.717, 1.165) is 15.8 Å². The summed E-state index contributed by atoms with van der Waals surface area (Å²) < 4.78 is 21.1. The number of anilines is 1. The Hall–Kier alpha value is -4.04. The molecule has 4 aromatic rings. The van der Waals surface area contributed by atoms with Gasteiger partial charge in [-0.15, -0.1) is 0 Å². The van der Waals surface area contributed by atoms with Crippen molar-refractivity contribution in [2.45, 2.75) is 19.9 Å². The first kappa shape index (κ1) is 22.7. The van der Waals surface area contributed by atoms with Gasteiger partial charge in [-0.25, -0.2) is 9.37 Å². The number of carbonyl (C=O) groups excluding carboxylic acids is 2. The highest BCUT2D eigenvalue weighted by molar-refractivity contribution is 7.22. The quantitative estimate of drug-likeness (QED) is 0.227. The van der Waals surface area contributed by atoms with Crippen molar-refractivity contribution in [3.8, 4) is 5.75 Å². The minimum atomic E-state index is -1.19. The first-order chi connectivity index (χ1) is 16.8. The van der Waals surface area contributed by atoms with Gasteiger partial charge in [-0.2, -0.15) is 0 Å². The number of amides is 1. The number of hydrogen-bond acceptors (Lipinski definition) is 6. The topological polar surface area (TPSA) is 79.7 Å². The Bertz CT molecular complexity index is 1540. The van der Waals surface area contributed by atoms with E-state index < -0.39 is 29.3 Å². The summed E-state index contributed by atoms with van der Waals surface area (Å²) in [5, 5.41) is 11.5. The number of aliphatic hydroxyl groups is 1. The van der Waals surface area contributed by atoms with Crippen molar-refractivity contribution in [2.24, 2.45) is 0 Å². The van der Waals surface area contributed by atoms with Crippen molar-refractivity contribution < 1.29 is 23.8 Å². The maximum Gasteiger partial charge on any atom is 0.301 e. The Balaban J connectivity index is 1.76. The monoisotopic (exact) mass is 488 g/mol. The second-order valence-electron chi connectivity index (χ2n) is 8.35. The van der Waals surface area contributed by atoms with Gasteiger partial charge in [0.2, 0.25) is 0 Å². The van der Waals surface area contributed by atoms with Gasteiger partial charge in [0.1, 0.15) is 23.4 Å². The van der Waals surface area contributed by atoms with Crippen molar-refractivity contribution in [1.82, 2.24) is 4.98 Å². The lowest BCUT2D eigenvalue weighted by Crippen LogP contribution is -2.29. The van der Waals surface area contributed by atoms with Gasteiger partial charge in [0.05, 0.1) is 22.9 Å². The fourth-order valence-corrected chi connectivity index (χ4v) is 5.58. The predicted molar refractivity (Wildman–Crippen MR) is 133 cm³/mol. The molecule has 3 aromatic carbocycles. The predicted octanol–water partition coefficient (Wildman–Crippen LogP) is 5.69. The number of benzene rings is 3. The van der Waals surface area contributed by atoms with Gasteiger partial charge in [-0.05, 0) is 49.2 Å². The number of carbonyl (C=O) groups is 2. The third-order valence-electron chi connectivity index (χ3n) is 6.01. The van der Waals surface area contributed by atoms with Gasteiger partial charge in [-0.3, -0.25) is 14.5 Å². The number of Topliss-reactive ketones (excluding diaryl/α,β-unsaturated/α-hetero) is 1. The van der Waals surface area contributed by atoms with Crippen molar-refractivity contribution in [1.29, 1.82) is 0 Å². The van der Waals surface area contributed by atoms with Crippen molar-refractivity contribution in [3.05, 3.63) is 94.3 Å². The molecule has 1 atom stereocenters. The van der Waals surface area contributed by atoms with Gasteiger partial charge in [0.15, 0.2) is 5.13 Å². The van der Waals surface area contributed by atoms with E-state index in [9.17, 15) is 14.7 Å². The zero-order valence-corrected chi connectivity index (χ0v) is 20.0. The maximum absolute atomic E-state index is 15.1. The van der Waals surface area contributed by atoms with E-state index in [1.165, 1.54) is 41.5 Å². The van der Waals surface area contributed by atoms with Crippen LogP contribution in [-0.2, 0) is 9.59 Å². The summed E-state index contributed by atoms with van der Waals surface area (Å²) in [5.74, 6) is -2.34. The van der Waals surface area contributed by atoms with Crippen molar-refractivity contribution in [2.75, 3.05) is 12.0 Å². The summed E-state index contributed by atoms with van der Waals surface area (Å²) in [6.45, 7) is 3.88. The lowest BCUT2D eigenvalue weighted by atomic mass is 9.95. The zero-order chi connectivity index (χ0) is 24.9. The van der Waals surface area contributed by atoms with E-state index in [1.54, 1.807) is 30.3 Å². The molecule has 0 spiro atoms. The number of hydrogen-bond donors (Lipinski definition) is 1. The summed E-state index contributed by atoms with van der Waals surface area (Å²) in [5.41, 5.74) is 2.83. The van der Waals surface area contributed by atoms with Crippen LogP contribution in [0.2, 0.25) is 0 Å². The summed E-state index contributed by atoms with van der Waals surface area (Å²) >= 11 is 1.24. The summed E-state index contributed by atoms with van der Waals surface area (Å²) in [7, 11) is 1.48. The highest BCUT2D eigenvalue weighted by Crippen LogP contribution is 2.45. The molecular weight excluding hydrogens is 467 g/mol. The summed E-state index contributed by atoms with van der Waals surface area (Å²) in [4.78, 5) is 32.5. The molecular formula is C27H21FN2O4S. The third-order valence-corrected chi connectivity index (χ3v) is 7.01. The first-order valence-corrected chi connectivity index (χ1v) is 11.7. The molecule has 0 unspecified atom stereocenters. The van der Waals surface area contributed by atoms with Crippen LogP contribution >= 0.6 is 11.3 Å². The molecule has 176 valence electrons. The second kappa shape index (κ2) is 8.63. The van der Waals surface area contributed by atoms with Crippen molar-refractivity contribution >= 4 is 44.1 Å². The molecule has 5 rings (SSSR count). The van der Waals surface area contributed by atoms with Crippen LogP contribution in [0.5, 0.6) is 5.75 Å². The summed E-state index contributed by atoms with van der Waals surface area (Å²) in [6.07, 6.45) is 0.